The van der Waals surface area contributed by atoms with Crippen LogP contribution < -0.4 is 10.1 Å². The summed E-state index contributed by atoms with van der Waals surface area (Å²) in [5.41, 5.74) is 1.38. The van der Waals surface area contributed by atoms with Crippen LogP contribution >= 0.6 is 27.7 Å². The van der Waals surface area contributed by atoms with Crippen molar-refractivity contribution >= 4 is 56.0 Å². The van der Waals surface area contributed by atoms with E-state index in [9.17, 15) is 9.59 Å². The summed E-state index contributed by atoms with van der Waals surface area (Å²) in [6.45, 7) is 6.58. The van der Waals surface area contributed by atoms with E-state index in [0.717, 1.165) is 10.2 Å². The Morgan fingerprint density at radius 1 is 1.30 bits per heavy atom. The lowest BCUT2D eigenvalue weighted by atomic mass is 10.2. The minimum absolute atomic E-state index is 0.0563. The van der Waals surface area contributed by atoms with E-state index in [4.69, 9.17) is 4.74 Å². The molecule has 0 saturated carbocycles. The van der Waals surface area contributed by atoms with Crippen molar-refractivity contribution in [2.24, 2.45) is 4.99 Å². The van der Waals surface area contributed by atoms with E-state index in [1.807, 2.05) is 49.4 Å². The molecular formula is C22H22BrN3O3S. The van der Waals surface area contributed by atoms with Gasteiger partial charge in [0.1, 0.15) is 11.0 Å². The Morgan fingerprint density at radius 2 is 2.03 bits per heavy atom. The Kier molecular flexibility index (Phi) is 7.70. The Hall–Kier alpha value is -2.58. The molecule has 156 valence electrons. The van der Waals surface area contributed by atoms with Gasteiger partial charge in [-0.1, -0.05) is 30.0 Å². The van der Waals surface area contributed by atoms with Crippen LogP contribution in [0.3, 0.4) is 0 Å². The van der Waals surface area contributed by atoms with E-state index in [-0.39, 0.29) is 18.2 Å². The predicted octanol–water partition coefficient (Wildman–Crippen LogP) is 4.99. The molecule has 0 bridgehead atoms. The first-order chi connectivity index (χ1) is 14.5. The number of rotatable bonds is 8. The van der Waals surface area contributed by atoms with Gasteiger partial charge in [0.25, 0.3) is 0 Å². The van der Waals surface area contributed by atoms with E-state index in [1.165, 1.54) is 11.8 Å². The zero-order valence-electron chi connectivity index (χ0n) is 16.5. The van der Waals surface area contributed by atoms with Crippen LogP contribution in [0.15, 0.2) is 70.7 Å². The van der Waals surface area contributed by atoms with Crippen molar-refractivity contribution < 1.29 is 14.3 Å². The van der Waals surface area contributed by atoms with Gasteiger partial charge in [-0.2, -0.15) is 0 Å². The number of thioether (sulfide) groups is 1. The van der Waals surface area contributed by atoms with Crippen molar-refractivity contribution in [1.82, 2.24) is 4.90 Å². The number of nitrogens with one attached hydrogen (secondary N) is 1. The molecule has 1 fully saturated rings. The van der Waals surface area contributed by atoms with Crippen LogP contribution in [0, 0.1) is 0 Å². The third-order valence-electron chi connectivity index (χ3n) is 4.22. The van der Waals surface area contributed by atoms with Crippen LogP contribution in [-0.2, 0) is 9.59 Å². The standard InChI is InChI=1S/C22H22BrN3O3S/c1-3-13-26-21(28)19(14-20(27)25-18-8-6-5-7-17(18)23)30-22(26)24-15-9-11-16(12-10-15)29-4-2/h3,5-12,19H,1,4,13-14H2,2H3,(H,25,27). The summed E-state index contributed by atoms with van der Waals surface area (Å²) in [7, 11) is 0. The van der Waals surface area contributed by atoms with Gasteiger partial charge in [0.15, 0.2) is 5.17 Å². The summed E-state index contributed by atoms with van der Waals surface area (Å²) in [6, 6.07) is 14.7. The molecule has 1 aliphatic rings. The fourth-order valence-corrected chi connectivity index (χ4v) is 4.40. The van der Waals surface area contributed by atoms with Crippen molar-refractivity contribution in [1.29, 1.82) is 0 Å². The highest BCUT2D eigenvalue weighted by molar-refractivity contribution is 9.10. The SMILES string of the molecule is C=CCN1C(=O)C(CC(=O)Nc2ccccc2Br)SC1=Nc1ccc(OCC)cc1. The Morgan fingerprint density at radius 3 is 2.70 bits per heavy atom. The molecule has 1 N–H and O–H groups in total. The number of ether oxygens (including phenoxy) is 1. The first-order valence-corrected chi connectivity index (χ1v) is 11.1. The maximum Gasteiger partial charge on any atom is 0.242 e. The number of aliphatic imine (C=N–C) groups is 1. The number of amidine groups is 1. The first-order valence-electron chi connectivity index (χ1n) is 9.46. The Bertz CT molecular complexity index is 962. The first kappa shape index (κ1) is 22.1. The van der Waals surface area contributed by atoms with Crippen molar-refractivity contribution in [3.63, 3.8) is 0 Å². The number of hydrogen-bond donors (Lipinski definition) is 1. The number of amides is 2. The third-order valence-corrected chi connectivity index (χ3v) is 6.09. The number of nitrogens with zero attached hydrogens (tertiary/aromatic N) is 2. The van der Waals surface area contributed by atoms with Gasteiger partial charge in [0.05, 0.1) is 18.0 Å². The molecule has 0 spiro atoms. The van der Waals surface area contributed by atoms with Gasteiger partial charge in [-0.15, -0.1) is 6.58 Å². The molecule has 30 heavy (non-hydrogen) atoms. The predicted molar refractivity (Wildman–Crippen MR) is 125 cm³/mol. The second-order valence-corrected chi connectivity index (χ2v) is 8.42. The molecule has 2 aromatic carbocycles. The van der Waals surface area contributed by atoms with E-state index in [2.05, 4.69) is 32.8 Å². The summed E-state index contributed by atoms with van der Waals surface area (Å²) in [5.74, 6) is 0.390. The smallest absolute Gasteiger partial charge is 0.242 e. The number of halogens is 1. The van der Waals surface area contributed by atoms with Crippen LogP contribution in [-0.4, -0.2) is 40.3 Å². The molecule has 0 aliphatic carbocycles. The van der Waals surface area contributed by atoms with Gasteiger partial charge >= 0.3 is 0 Å². The van der Waals surface area contributed by atoms with Crippen molar-refractivity contribution in [3.05, 3.63) is 65.7 Å². The molecule has 0 radical (unpaired) electrons. The highest BCUT2D eigenvalue weighted by atomic mass is 79.9. The summed E-state index contributed by atoms with van der Waals surface area (Å²) < 4.78 is 6.23. The molecule has 2 aromatic rings. The average Bonchev–Trinajstić information content (AvgIpc) is 3.00. The number of benzene rings is 2. The summed E-state index contributed by atoms with van der Waals surface area (Å²) in [6.07, 6.45) is 1.70. The zero-order valence-corrected chi connectivity index (χ0v) is 18.9. The van der Waals surface area contributed by atoms with Crippen molar-refractivity contribution in [3.8, 4) is 5.75 Å². The van der Waals surface area contributed by atoms with Crippen molar-refractivity contribution in [2.45, 2.75) is 18.6 Å². The topological polar surface area (TPSA) is 71.0 Å². The van der Waals surface area contributed by atoms with Crippen LogP contribution in [0.1, 0.15) is 13.3 Å². The van der Waals surface area contributed by atoms with Crippen LogP contribution in [0.25, 0.3) is 0 Å². The minimum atomic E-state index is -0.533. The second-order valence-electron chi connectivity index (χ2n) is 6.40. The van der Waals surface area contributed by atoms with E-state index in [0.29, 0.717) is 29.7 Å². The lowest BCUT2D eigenvalue weighted by Crippen LogP contribution is -2.33. The van der Waals surface area contributed by atoms with E-state index in [1.54, 1.807) is 17.0 Å². The summed E-state index contributed by atoms with van der Waals surface area (Å²) in [4.78, 5) is 31.5. The number of carbonyl (C=O) groups excluding carboxylic acids is 2. The Balaban J connectivity index is 1.72. The van der Waals surface area contributed by atoms with Crippen LogP contribution in [0.5, 0.6) is 5.75 Å². The molecule has 0 aromatic heterocycles. The number of para-hydroxylation sites is 1. The maximum absolute atomic E-state index is 12.9. The van der Waals surface area contributed by atoms with Gasteiger partial charge in [0.2, 0.25) is 11.8 Å². The third kappa shape index (κ3) is 5.52. The molecule has 1 aliphatic heterocycles. The largest absolute Gasteiger partial charge is 0.494 e. The Labute approximate surface area is 188 Å². The molecule has 1 saturated heterocycles. The molecule has 1 atom stereocenters. The van der Waals surface area contributed by atoms with Crippen LogP contribution in [0.2, 0.25) is 0 Å². The van der Waals surface area contributed by atoms with Gasteiger partial charge < -0.3 is 10.1 Å². The number of anilines is 1. The fourth-order valence-electron chi connectivity index (χ4n) is 2.85. The maximum atomic E-state index is 12.9. The molecule has 8 heteroatoms. The quantitative estimate of drug-likeness (QED) is 0.532. The van der Waals surface area contributed by atoms with Gasteiger partial charge in [0, 0.05) is 17.4 Å². The van der Waals surface area contributed by atoms with Gasteiger partial charge in [-0.3, -0.25) is 14.5 Å². The average molecular weight is 488 g/mol. The zero-order chi connectivity index (χ0) is 21.5. The highest BCUT2D eigenvalue weighted by Gasteiger charge is 2.38. The number of carbonyl (C=O) groups is 2. The number of hydrogen-bond acceptors (Lipinski definition) is 5. The molecule has 1 heterocycles. The minimum Gasteiger partial charge on any atom is -0.494 e. The molecule has 3 rings (SSSR count). The molecule has 2 amide bonds. The lowest BCUT2D eigenvalue weighted by molar-refractivity contribution is -0.127. The highest BCUT2D eigenvalue weighted by Crippen LogP contribution is 2.32. The second kappa shape index (κ2) is 10.4. The van der Waals surface area contributed by atoms with E-state index >= 15 is 0 Å². The van der Waals surface area contributed by atoms with E-state index < -0.39 is 5.25 Å². The molecule has 1 unspecified atom stereocenters. The normalized spacial score (nSPS) is 17.3. The van der Waals surface area contributed by atoms with Gasteiger partial charge in [-0.05, 0) is 59.3 Å². The van der Waals surface area contributed by atoms with Gasteiger partial charge in [-0.25, -0.2) is 4.99 Å². The monoisotopic (exact) mass is 487 g/mol. The lowest BCUT2D eigenvalue weighted by Gasteiger charge is -2.14. The van der Waals surface area contributed by atoms with Crippen LogP contribution in [0.4, 0.5) is 11.4 Å². The fraction of sp³-hybridized carbons (Fsp3) is 0.227. The summed E-state index contributed by atoms with van der Waals surface area (Å²) >= 11 is 4.70. The molecular weight excluding hydrogens is 466 g/mol. The summed E-state index contributed by atoms with van der Waals surface area (Å²) in [5, 5.41) is 2.87. The molecule has 6 nitrogen and oxygen atoms in total. The van der Waals surface area contributed by atoms with Crippen molar-refractivity contribution in [2.75, 3.05) is 18.5 Å².